The standard InChI is InChI=1S/C6H6Cl2N2/c7-2-5-1-6(3-8)10-4-9-5/h1,4H,2-3H2. The fourth-order valence-electron chi connectivity index (χ4n) is 0.590. The van der Waals surface area contributed by atoms with Crippen LogP contribution in [-0.2, 0) is 11.8 Å². The number of halogens is 2. The molecule has 0 radical (unpaired) electrons. The molecule has 0 aliphatic heterocycles. The molecule has 0 unspecified atom stereocenters. The molecule has 0 saturated carbocycles. The summed E-state index contributed by atoms with van der Waals surface area (Å²) in [5.74, 6) is 0.818. The van der Waals surface area contributed by atoms with E-state index in [1.165, 1.54) is 6.33 Å². The van der Waals surface area contributed by atoms with Crippen molar-refractivity contribution in [1.29, 1.82) is 0 Å². The maximum absolute atomic E-state index is 5.52. The summed E-state index contributed by atoms with van der Waals surface area (Å²) in [4.78, 5) is 7.81. The van der Waals surface area contributed by atoms with Gasteiger partial charge in [-0.1, -0.05) is 0 Å². The Morgan fingerprint density at radius 3 is 2.00 bits per heavy atom. The monoisotopic (exact) mass is 176 g/mol. The summed E-state index contributed by atoms with van der Waals surface area (Å²) >= 11 is 11.0. The van der Waals surface area contributed by atoms with E-state index in [-0.39, 0.29) is 0 Å². The van der Waals surface area contributed by atoms with Gasteiger partial charge < -0.3 is 0 Å². The molecule has 4 heteroatoms. The minimum absolute atomic E-state index is 0.409. The van der Waals surface area contributed by atoms with Gasteiger partial charge in [0.2, 0.25) is 0 Å². The van der Waals surface area contributed by atoms with Crippen LogP contribution in [-0.4, -0.2) is 9.97 Å². The Balaban J connectivity index is 2.87. The molecule has 0 aliphatic carbocycles. The van der Waals surface area contributed by atoms with Crippen molar-refractivity contribution in [3.8, 4) is 0 Å². The normalized spacial score (nSPS) is 9.80. The van der Waals surface area contributed by atoms with E-state index in [9.17, 15) is 0 Å². The van der Waals surface area contributed by atoms with Crippen LogP contribution in [0.15, 0.2) is 12.4 Å². The Morgan fingerprint density at radius 1 is 1.10 bits per heavy atom. The molecule has 2 nitrogen and oxygen atoms in total. The first-order valence-corrected chi connectivity index (χ1v) is 3.85. The molecule has 0 fully saturated rings. The molecule has 10 heavy (non-hydrogen) atoms. The highest BCUT2D eigenvalue weighted by Crippen LogP contribution is 2.03. The van der Waals surface area contributed by atoms with E-state index in [0.717, 1.165) is 11.4 Å². The molecular weight excluding hydrogens is 171 g/mol. The third-order valence-corrected chi connectivity index (χ3v) is 1.60. The number of nitrogens with zero attached hydrogens (tertiary/aromatic N) is 2. The fourth-order valence-corrected chi connectivity index (χ4v) is 0.883. The average molecular weight is 177 g/mol. The van der Waals surface area contributed by atoms with Gasteiger partial charge in [-0.05, 0) is 6.07 Å². The van der Waals surface area contributed by atoms with Crippen LogP contribution in [0.4, 0.5) is 0 Å². The van der Waals surface area contributed by atoms with Gasteiger partial charge in [-0.25, -0.2) is 9.97 Å². The van der Waals surface area contributed by atoms with E-state index in [1.54, 1.807) is 6.07 Å². The summed E-state index contributed by atoms with van der Waals surface area (Å²) in [6, 6.07) is 1.79. The molecule has 54 valence electrons. The summed E-state index contributed by atoms with van der Waals surface area (Å²) in [7, 11) is 0. The van der Waals surface area contributed by atoms with Crippen molar-refractivity contribution < 1.29 is 0 Å². The molecular formula is C6H6Cl2N2. The van der Waals surface area contributed by atoms with E-state index >= 15 is 0 Å². The first-order chi connectivity index (χ1) is 4.86. The van der Waals surface area contributed by atoms with Crippen molar-refractivity contribution in [2.75, 3.05) is 0 Å². The van der Waals surface area contributed by atoms with Crippen molar-refractivity contribution in [2.45, 2.75) is 11.8 Å². The van der Waals surface area contributed by atoms with Gasteiger partial charge in [0.25, 0.3) is 0 Å². The molecule has 0 aliphatic rings. The quantitative estimate of drug-likeness (QED) is 0.645. The maximum atomic E-state index is 5.52. The van der Waals surface area contributed by atoms with Gasteiger partial charge >= 0.3 is 0 Å². The molecule has 1 aromatic heterocycles. The van der Waals surface area contributed by atoms with E-state index in [4.69, 9.17) is 23.2 Å². The maximum Gasteiger partial charge on any atom is 0.116 e. The number of alkyl halides is 2. The Kier molecular flexibility index (Phi) is 2.90. The summed E-state index contributed by atoms with van der Waals surface area (Å²) in [5.41, 5.74) is 1.62. The zero-order valence-corrected chi connectivity index (χ0v) is 6.73. The van der Waals surface area contributed by atoms with Crippen molar-refractivity contribution >= 4 is 23.2 Å². The molecule has 0 atom stereocenters. The Hall–Kier alpha value is -0.340. The summed E-state index contributed by atoms with van der Waals surface area (Å²) in [6.45, 7) is 0. The molecule has 0 N–H and O–H groups in total. The molecule has 0 amide bonds. The smallest absolute Gasteiger partial charge is 0.116 e. The molecule has 0 saturated heterocycles. The Labute approximate surface area is 69.2 Å². The van der Waals surface area contributed by atoms with Gasteiger partial charge in [0, 0.05) is 0 Å². The van der Waals surface area contributed by atoms with Crippen molar-refractivity contribution in [3.05, 3.63) is 23.8 Å². The molecule has 0 spiro atoms. The number of rotatable bonds is 2. The minimum atomic E-state index is 0.409. The lowest BCUT2D eigenvalue weighted by molar-refractivity contribution is 1.03. The van der Waals surface area contributed by atoms with Crippen LogP contribution in [0.25, 0.3) is 0 Å². The second-order valence-electron chi connectivity index (χ2n) is 1.77. The minimum Gasteiger partial charge on any atom is -0.240 e. The lowest BCUT2D eigenvalue weighted by Crippen LogP contribution is -1.90. The second kappa shape index (κ2) is 3.74. The molecule has 1 heterocycles. The van der Waals surface area contributed by atoms with Crippen LogP contribution in [0.3, 0.4) is 0 Å². The van der Waals surface area contributed by atoms with Crippen molar-refractivity contribution in [2.24, 2.45) is 0 Å². The predicted molar refractivity (Wildman–Crippen MR) is 41.1 cm³/mol. The van der Waals surface area contributed by atoms with Crippen molar-refractivity contribution in [1.82, 2.24) is 9.97 Å². The third kappa shape index (κ3) is 1.82. The lowest BCUT2D eigenvalue weighted by Gasteiger charge is -1.94. The van der Waals surface area contributed by atoms with Gasteiger partial charge in [0.05, 0.1) is 23.1 Å². The van der Waals surface area contributed by atoms with Crippen LogP contribution >= 0.6 is 23.2 Å². The molecule has 1 rings (SSSR count). The van der Waals surface area contributed by atoms with Crippen LogP contribution in [0, 0.1) is 0 Å². The molecule has 0 bridgehead atoms. The van der Waals surface area contributed by atoms with Gasteiger partial charge in [0.15, 0.2) is 0 Å². The van der Waals surface area contributed by atoms with Crippen LogP contribution in [0.1, 0.15) is 11.4 Å². The van der Waals surface area contributed by atoms with E-state index in [2.05, 4.69) is 9.97 Å². The lowest BCUT2D eigenvalue weighted by atomic mass is 10.4. The zero-order chi connectivity index (χ0) is 7.40. The van der Waals surface area contributed by atoms with E-state index < -0.39 is 0 Å². The Morgan fingerprint density at radius 2 is 1.60 bits per heavy atom. The zero-order valence-electron chi connectivity index (χ0n) is 5.22. The molecule has 0 aromatic carbocycles. The van der Waals surface area contributed by atoms with Crippen LogP contribution in [0.5, 0.6) is 0 Å². The second-order valence-corrected chi connectivity index (χ2v) is 2.30. The van der Waals surface area contributed by atoms with Crippen molar-refractivity contribution in [3.63, 3.8) is 0 Å². The SMILES string of the molecule is ClCc1cc(CCl)ncn1. The summed E-state index contributed by atoms with van der Waals surface area (Å²) in [5, 5.41) is 0. The van der Waals surface area contributed by atoms with Crippen LogP contribution < -0.4 is 0 Å². The predicted octanol–water partition coefficient (Wildman–Crippen LogP) is 1.95. The topological polar surface area (TPSA) is 25.8 Å². The number of aromatic nitrogens is 2. The highest BCUT2D eigenvalue weighted by atomic mass is 35.5. The third-order valence-electron chi connectivity index (χ3n) is 1.05. The fraction of sp³-hybridized carbons (Fsp3) is 0.333. The van der Waals surface area contributed by atoms with E-state index in [0.29, 0.717) is 11.8 Å². The largest absolute Gasteiger partial charge is 0.240 e. The summed E-state index contributed by atoms with van der Waals surface area (Å²) < 4.78 is 0. The van der Waals surface area contributed by atoms with Gasteiger partial charge in [-0.15, -0.1) is 23.2 Å². The Bertz CT molecular complexity index is 195. The number of hydrogen-bond acceptors (Lipinski definition) is 2. The molecule has 1 aromatic rings. The first kappa shape index (κ1) is 7.76. The van der Waals surface area contributed by atoms with E-state index in [1.807, 2.05) is 0 Å². The number of hydrogen-bond donors (Lipinski definition) is 0. The van der Waals surface area contributed by atoms with Gasteiger partial charge in [-0.2, -0.15) is 0 Å². The first-order valence-electron chi connectivity index (χ1n) is 2.78. The van der Waals surface area contributed by atoms with Crippen LogP contribution in [0.2, 0.25) is 0 Å². The average Bonchev–Trinajstić information content (AvgIpc) is 2.05. The van der Waals surface area contributed by atoms with Gasteiger partial charge in [-0.3, -0.25) is 0 Å². The van der Waals surface area contributed by atoms with Gasteiger partial charge in [0.1, 0.15) is 6.33 Å². The highest BCUT2D eigenvalue weighted by Gasteiger charge is 1.94. The highest BCUT2D eigenvalue weighted by molar-refractivity contribution is 6.17. The summed E-state index contributed by atoms with van der Waals surface area (Å²) in [6.07, 6.45) is 1.47.